The summed E-state index contributed by atoms with van der Waals surface area (Å²) in [6, 6.07) is 3.94. The normalized spacial score (nSPS) is 11.4. The highest BCUT2D eigenvalue weighted by molar-refractivity contribution is 4.97. The third kappa shape index (κ3) is 5.32. The molecule has 2 rings (SSSR count). The van der Waals surface area contributed by atoms with Crippen molar-refractivity contribution in [3.8, 4) is 0 Å². The summed E-state index contributed by atoms with van der Waals surface area (Å²) in [7, 11) is 0. The van der Waals surface area contributed by atoms with Gasteiger partial charge in [0.1, 0.15) is 5.76 Å². The Labute approximate surface area is 126 Å². The molecule has 0 bridgehead atoms. The Kier molecular flexibility index (Phi) is 6.43. The van der Waals surface area contributed by atoms with Crippen molar-refractivity contribution in [2.75, 3.05) is 19.6 Å². The second-order valence-corrected chi connectivity index (χ2v) is 5.10. The predicted molar refractivity (Wildman–Crippen MR) is 81.7 cm³/mol. The molecule has 0 amide bonds. The number of aromatic nitrogens is 3. The van der Waals surface area contributed by atoms with Gasteiger partial charge in [-0.2, -0.15) is 0 Å². The summed E-state index contributed by atoms with van der Waals surface area (Å²) >= 11 is 0. The highest BCUT2D eigenvalue weighted by Gasteiger charge is 2.07. The van der Waals surface area contributed by atoms with Crippen molar-refractivity contribution in [3.63, 3.8) is 0 Å². The molecule has 2 aromatic heterocycles. The zero-order chi connectivity index (χ0) is 14.9. The molecular formula is C15H25N5O. The molecule has 0 atom stereocenters. The molecule has 0 aliphatic heterocycles. The molecule has 0 spiro atoms. The lowest BCUT2D eigenvalue weighted by Gasteiger charge is -2.18. The third-order valence-electron chi connectivity index (χ3n) is 3.37. The lowest BCUT2D eigenvalue weighted by Crippen LogP contribution is -2.27. The van der Waals surface area contributed by atoms with Crippen LogP contribution < -0.4 is 5.32 Å². The van der Waals surface area contributed by atoms with E-state index >= 15 is 0 Å². The molecule has 0 radical (unpaired) electrons. The van der Waals surface area contributed by atoms with Crippen molar-refractivity contribution in [3.05, 3.63) is 36.0 Å². The number of furan rings is 1. The Morgan fingerprint density at radius 2 is 2.29 bits per heavy atom. The SMILES string of the molecule is CCCNCc1cn(CCN(CC)Cc2ccco2)nn1. The molecule has 0 aliphatic carbocycles. The van der Waals surface area contributed by atoms with E-state index in [-0.39, 0.29) is 0 Å². The molecule has 116 valence electrons. The zero-order valence-corrected chi connectivity index (χ0v) is 13.0. The van der Waals surface area contributed by atoms with Gasteiger partial charge in [0.2, 0.25) is 0 Å². The van der Waals surface area contributed by atoms with E-state index in [0.717, 1.165) is 57.1 Å². The highest BCUT2D eigenvalue weighted by Crippen LogP contribution is 2.05. The molecule has 0 unspecified atom stereocenters. The maximum atomic E-state index is 5.39. The van der Waals surface area contributed by atoms with E-state index in [2.05, 4.69) is 34.4 Å². The van der Waals surface area contributed by atoms with Crippen LogP contribution in [0.15, 0.2) is 29.0 Å². The highest BCUT2D eigenvalue weighted by atomic mass is 16.3. The lowest BCUT2D eigenvalue weighted by atomic mass is 10.4. The van der Waals surface area contributed by atoms with E-state index in [1.165, 1.54) is 0 Å². The monoisotopic (exact) mass is 291 g/mol. The van der Waals surface area contributed by atoms with Crippen LogP contribution in [0.4, 0.5) is 0 Å². The molecule has 0 aliphatic rings. The van der Waals surface area contributed by atoms with Crippen LogP contribution in [0.3, 0.4) is 0 Å². The van der Waals surface area contributed by atoms with E-state index in [4.69, 9.17) is 4.42 Å². The molecule has 2 heterocycles. The van der Waals surface area contributed by atoms with Crippen LogP contribution in [-0.2, 0) is 19.6 Å². The summed E-state index contributed by atoms with van der Waals surface area (Å²) < 4.78 is 7.30. The summed E-state index contributed by atoms with van der Waals surface area (Å²) in [4.78, 5) is 2.33. The Morgan fingerprint density at radius 3 is 3.00 bits per heavy atom. The third-order valence-corrected chi connectivity index (χ3v) is 3.37. The fourth-order valence-electron chi connectivity index (χ4n) is 2.14. The number of nitrogens with one attached hydrogen (secondary N) is 1. The fraction of sp³-hybridized carbons (Fsp3) is 0.600. The Balaban J connectivity index is 1.75. The smallest absolute Gasteiger partial charge is 0.117 e. The van der Waals surface area contributed by atoms with Crippen molar-refractivity contribution < 1.29 is 4.42 Å². The largest absolute Gasteiger partial charge is 0.468 e. The van der Waals surface area contributed by atoms with Crippen LogP contribution in [0.2, 0.25) is 0 Å². The fourth-order valence-corrected chi connectivity index (χ4v) is 2.14. The second kappa shape index (κ2) is 8.59. The van der Waals surface area contributed by atoms with Gasteiger partial charge in [-0.25, -0.2) is 0 Å². The quantitative estimate of drug-likeness (QED) is 0.677. The zero-order valence-electron chi connectivity index (χ0n) is 13.0. The van der Waals surface area contributed by atoms with Crippen LogP contribution in [0.5, 0.6) is 0 Å². The minimum absolute atomic E-state index is 0.789. The summed E-state index contributed by atoms with van der Waals surface area (Å²) in [6.07, 6.45) is 4.87. The molecule has 0 saturated heterocycles. The van der Waals surface area contributed by atoms with E-state index in [0.29, 0.717) is 0 Å². The molecule has 0 aromatic carbocycles. The Bertz CT molecular complexity index is 494. The van der Waals surface area contributed by atoms with Crippen molar-refractivity contribution in [1.82, 2.24) is 25.2 Å². The number of rotatable bonds is 10. The number of likely N-dealkylation sites (N-methyl/N-ethyl adjacent to an activating group) is 1. The topological polar surface area (TPSA) is 59.1 Å². The van der Waals surface area contributed by atoms with Crippen LogP contribution in [0, 0.1) is 0 Å². The first-order chi connectivity index (χ1) is 10.3. The van der Waals surface area contributed by atoms with Crippen LogP contribution in [-0.4, -0.2) is 39.5 Å². The first-order valence-corrected chi connectivity index (χ1v) is 7.66. The maximum Gasteiger partial charge on any atom is 0.117 e. The van der Waals surface area contributed by atoms with E-state index in [1.54, 1.807) is 6.26 Å². The molecule has 0 fully saturated rings. The van der Waals surface area contributed by atoms with Gasteiger partial charge in [-0.05, 0) is 31.6 Å². The summed E-state index contributed by atoms with van der Waals surface area (Å²) in [5.41, 5.74) is 0.998. The van der Waals surface area contributed by atoms with Crippen LogP contribution >= 0.6 is 0 Å². The van der Waals surface area contributed by atoms with Gasteiger partial charge in [-0.3, -0.25) is 9.58 Å². The predicted octanol–water partition coefficient (Wildman–Crippen LogP) is 1.89. The standard InChI is InChI=1S/C15H25N5O/c1-3-7-16-11-14-12-20(18-17-14)9-8-19(4-2)13-15-6-5-10-21-15/h5-6,10,12,16H,3-4,7-9,11,13H2,1-2H3. The minimum Gasteiger partial charge on any atom is -0.468 e. The molecule has 6 heteroatoms. The van der Waals surface area contributed by atoms with Crippen molar-refractivity contribution in [1.29, 1.82) is 0 Å². The minimum atomic E-state index is 0.789. The maximum absolute atomic E-state index is 5.39. The first-order valence-electron chi connectivity index (χ1n) is 7.66. The van der Waals surface area contributed by atoms with Crippen molar-refractivity contribution in [2.45, 2.75) is 39.9 Å². The summed E-state index contributed by atoms with van der Waals surface area (Å²) in [6.45, 7) is 9.71. The van der Waals surface area contributed by atoms with E-state index in [1.807, 2.05) is 23.0 Å². The Hall–Kier alpha value is -1.66. The first kappa shape index (κ1) is 15.7. The van der Waals surface area contributed by atoms with Gasteiger partial charge < -0.3 is 9.73 Å². The lowest BCUT2D eigenvalue weighted by molar-refractivity contribution is 0.242. The molecular weight excluding hydrogens is 266 g/mol. The van der Waals surface area contributed by atoms with Crippen LogP contribution in [0.1, 0.15) is 31.7 Å². The average Bonchev–Trinajstić information content (AvgIpc) is 3.15. The number of nitrogens with zero attached hydrogens (tertiary/aromatic N) is 4. The van der Waals surface area contributed by atoms with Gasteiger partial charge in [0.25, 0.3) is 0 Å². The average molecular weight is 291 g/mol. The van der Waals surface area contributed by atoms with Gasteiger partial charge in [-0.1, -0.05) is 19.1 Å². The summed E-state index contributed by atoms with van der Waals surface area (Å²) in [5, 5.41) is 11.7. The summed E-state index contributed by atoms with van der Waals surface area (Å²) in [5.74, 6) is 1.000. The molecule has 2 aromatic rings. The van der Waals surface area contributed by atoms with Gasteiger partial charge in [0, 0.05) is 19.3 Å². The van der Waals surface area contributed by atoms with E-state index < -0.39 is 0 Å². The molecule has 21 heavy (non-hydrogen) atoms. The van der Waals surface area contributed by atoms with Crippen LogP contribution in [0.25, 0.3) is 0 Å². The van der Waals surface area contributed by atoms with Gasteiger partial charge in [0.15, 0.2) is 0 Å². The number of hydrogen-bond donors (Lipinski definition) is 1. The van der Waals surface area contributed by atoms with Gasteiger partial charge >= 0.3 is 0 Å². The molecule has 0 saturated carbocycles. The van der Waals surface area contributed by atoms with Gasteiger partial charge in [-0.15, -0.1) is 5.10 Å². The Morgan fingerprint density at radius 1 is 1.38 bits per heavy atom. The van der Waals surface area contributed by atoms with E-state index in [9.17, 15) is 0 Å². The van der Waals surface area contributed by atoms with Crippen molar-refractivity contribution in [2.24, 2.45) is 0 Å². The molecule has 1 N–H and O–H groups in total. The van der Waals surface area contributed by atoms with Crippen molar-refractivity contribution >= 4 is 0 Å². The number of hydrogen-bond acceptors (Lipinski definition) is 5. The molecule has 6 nitrogen and oxygen atoms in total. The van der Waals surface area contributed by atoms with Gasteiger partial charge in [0.05, 0.1) is 25.0 Å². The second-order valence-electron chi connectivity index (χ2n) is 5.10.